The minimum Gasteiger partial charge on any atom is -0.497 e. The van der Waals surface area contributed by atoms with Crippen molar-refractivity contribution in [1.29, 1.82) is 0 Å². The predicted octanol–water partition coefficient (Wildman–Crippen LogP) is 12.2. The maximum absolute atomic E-state index is 14.5. The first-order chi connectivity index (χ1) is 39.8. The molecule has 6 rings (SSSR count). The molecule has 22 heteroatoms. The molecule has 0 spiro atoms. The van der Waals surface area contributed by atoms with Gasteiger partial charge in [0.15, 0.2) is 11.4 Å². The van der Waals surface area contributed by atoms with Gasteiger partial charge in [-0.05, 0) is 94.0 Å². The number of esters is 3. The summed E-state index contributed by atoms with van der Waals surface area (Å²) in [5.74, 6) is -4.31. The number of methoxy groups -OCH3 is 1. The number of phosphoric ester groups is 2. The fourth-order valence-electron chi connectivity index (χ4n) is 7.54. The van der Waals surface area contributed by atoms with E-state index < -0.39 is 67.5 Å². The van der Waals surface area contributed by atoms with Gasteiger partial charge in [-0.15, -0.1) is 0 Å². The molecule has 83 heavy (non-hydrogen) atoms. The molecule has 0 unspecified atom stereocenters. The van der Waals surface area contributed by atoms with Gasteiger partial charge in [0.1, 0.15) is 5.75 Å². The third-order valence-corrected chi connectivity index (χ3v) is 15.0. The zero-order valence-electron chi connectivity index (χ0n) is 48.2. The lowest BCUT2D eigenvalue weighted by Gasteiger charge is -2.24. The van der Waals surface area contributed by atoms with E-state index in [1.165, 1.54) is 44.5 Å². The number of benzene rings is 5. The van der Waals surface area contributed by atoms with Crippen molar-refractivity contribution >= 4 is 39.5 Å². The standard InChI is InChI=1S/C61H74N2O18P2/c1-9-73-57(65)53-55(81-59(67)61(4,5)45-72-37-23-39-75-83(69,78-42-48-28-18-12-19-29-48)79-43-49-30-20-13-21-31-49)54(52(56(64)62(6)7)63(53)50-32-34-51(70-8)35-33-50)80-58(66)60(2,3)44-71-36-22-38-74-82(68,76-40-46-24-14-10-15-25-46)77-41-47-26-16-11-17-27-47/h10-21,24-35H,9,22-23,36-45H2,1-8H3. The van der Waals surface area contributed by atoms with Crippen LogP contribution in [-0.2, 0) is 86.5 Å². The number of hydrogen-bond donors (Lipinski definition) is 0. The minimum absolute atomic E-state index is 0.0249. The molecule has 0 saturated carbocycles. The molecule has 5 aromatic carbocycles. The van der Waals surface area contributed by atoms with Crippen molar-refractivity contribution in [1.82, 2.24) is 9.47 Å². The molecular weight excluding hydrogens is 1110 g/mol. The van der Waals surface area contributed by atoms with Crippen molar-refractivity contribution in [3.63, 3.8) is 0 Å². The third-order valence-electron chi connectivity index (χ3n) is 12.2. The molecular formula is C61H74N2O18P2. The second-order valence-corrected chi connectivity index (χ2v) is 23.6. The molecule has 0 fully saturated rings. The van der Waals surface area contributed by atoms with Crippen LogP contribution in [0.2, 0.25) is 0 Å². The molecule has 0 aliphatic carbocycles. The van der Waals surface area contributed by atoms with E-state index in [1.54, 1.807) is 45.0 Å². The number of phosphoric acid groups is 2. The van der Waals surface area contributed by atoms with Crippen LogP contribution in [0.15, 0.2) is 146 Å². The summed E-state index contributed by atoms with van der Waals surface area (Å²) in [6, 6.07) is 42.9. The van der Waals surface area contributed by atoms with E-state index in [1.807, 2.05) is 121 Å². The summed E-state index contributed by atoms with van der Waals surface area (Å²) in [5, 5.41) is 0. The lowest BCUT2D eigenvalue weighted by atomic mass is 9.95. The largest absolute Gasteiger partial charge is 0.497 e. The molecule has 1 heterocycles. The zero-order valence-corrected chi connectivity index (χ0v) is 50.0. The molecule has 20 nitrogen and oxygen atoms in total. The number of rotatable bonds is 35. The average molecular weight is 1190 g/mol. The van der Waals surface area contributed by atoms with Gasteiger partial charge in [-0.2, -0.15) is 0 Å². The molecule has 0 aliphatic heterocycles. The summed E-state index contributed by atoms with van der Waals surface area (Å²) >= 11 is 0. The lowest BCUT2D eigenvalue weighted by molar-refractivity contribution is -0.150. The number of ether oxygens (including phenoxy) is 6. The Kier molecular flexibility index (Phi) is 25.0. The first-order valence-corrected chi connectivity index (χ1v) is 29.8. The quantitative estimate of drug-likeness (QED) is 0.0205. The normalized spacial score (nSPS) is 12.0. The Bertz CT molecular complexity index is 3010. The molecule has 0 radical (unpaired) electrons. The van der Waals surface area contributed by atoms with Crippen LogP contribution in [0.1, 0.15) is 90.7 Å². The molecule has 1 aromatic heterocycles. The van der Waals surface area contributed by atoms with Gasteiger partial charge in [0, 0.05) is 33.0 Å². The Labute approximate surface area is 485 Å². The Morgan fingerprint density at radius 1 is 0.494 bits per heavy atom. The number of aromatic nitrogens is 1. The molecule has 0 bridgehead atoms. The number of nitrogens with zero attached hydrogens (tertiary/aromatic N) is 2. The van der Waals surface area contributed by atoms with Gasteiger partial charge in [-0.1, -0.05) is 121 Å². The number of carbonyl (C=O) groups excluding carboxylic acids is 4. The minimum atomic E-state index is -4.07. The SMILES string of the molecule is CCOC(=O)c1c(OC(=O)C(C)(C)COCCCOP(=O)(OCc2ccccc2)OCc2ccccc2)c(OC(=O)C(C)(C)COCCCOP(=O)(OCc2ccccc2)OCc2ccccc2)c(C(=O)N(C)C)n1-c1ccc(OC)cc1. The fourth-order valence-corrected chi connectivity index (χ4v) is 9.92. The van der Waals surface area contributed by atoms with Crippen LogP contribution in [-0.4, -0.2) is 101 Å². The maximum atomic E-state index is 14.5. The van der Waals surface area contributed by atoms with E-state index in [2.05, 4.69) is 0 Å². The molecule has 0 atom stereocenters. The lowest BCUT2D eigenvalue weighted by Crippen LogP contribution is -2.35. The third kappa shape index (κ3) is 19.9. The van der Waals surface area contributed by atoms with Gasteiger partial charge in [0.2, 0.25) is 11.5 Å². The summed E-state index contributed by atoms with van der Waals surface area (Å²) in [6.45, 7) is 6.90. The molecule has 0 saturated heterocycles. The molecule has 1 amide bonds. The van der Waals surface area contributed by atoms with Crippen molar-refractivity contribution in [2.75, 3.05) is 67.5 Å². The monoisotopic (exact) mass is 1180 g/mol. The molecule has 0 aliphatic rings. The van der Waals surface area contributed by atoms with Gasteiger partial charge in [0.05, 0.1) is 77.4 Å². The Morgan fingerprint density at radius 2 is 0.855 bits per heavy atom. The maximum Gasteiger partial charge on any atom is 0.475 e. The van der Waals surface area contributed by atoms with Crippen molar-refractivity contribution in [2.24, 2.45) is 10.8 Å². The van der Waals surface area contributed by atoms with Crippen LogP contribution >= 0.6 is 15.6 Å². The number of amides is 1. The summed E-state index contributed by atoms with van der Waals surface area (Å²) in [5.41, 5.74) is -0.421. The van der Waals surface area contributed by atoms with E-state index in [4.69, 9.17) is 55.6 Å². The summed E-state index contributed by atoms with van der Waals surface area (Å²) in [4.78, 5) is 58.9. The first kappa shape index (κ1) is 65.4. The van der Waals surface area contributed by atoms with Gasteiger partial charge in [0.25, 0.3) is 5.91 Å². The van der Waals surface area contributed by atoms with Crippen molar-refractivity contribution < 1.29 is 83.9 Å². The Balaban J connectivity index is 1.17. The zero-order chi connectivity index (χ0) is 59.9. The Hall–Kier alpha value is -6.80. The summed E-state index contributed by atoms with van der Waals surface area (Å²) in [6.07, 6.45) is 0.410. The average Bonchev–Trinajstić information content (AvgIpc) is 3.81. The highest BCUT2D eigenvalue weighted by Gasteiger charge is 2.42. The van der Waals surface area contributed by atoms with E-state index in [0.29, 0.717) is 5.75 Å². The highest BCUT2D eigenvalue weighted by Crippen LogP contribution is 2.52. The van der Waals surface area contributed by atoms with Gasteiger partial charge in [-0.3, -0.25) is 46.1 Å². The molecule has 6 aromatic rings. The van der Waals surface area contributed by atoms with Gasteiger partial charge >= 0.3 is 33.6 Å². The highest BCUT2D eigenvalue weighted by atomic mass is 31.2. The van der Waals surface area contributed by atoms with Crippen LogP contribution in [0.4, 0.5) is 0 Å². The van der Waals surface area contributed by atoms with Crippen LogP contribution < -0.4 is 14.2 Å². The smallest absolute Gasteiger partial charge is 0.475 e. The summed E-state index contributed by atoms with van der Waals surface area (Å²) in [7, 11) is -3.76. The van der Waals surface area contributed by atoms with E-state index in [9.17, 15) is 28.3 Å². The van der Waals surface area contributed by atoms with Crippen LogP contribution in [0.3, 0.4) is 0 Å². The fraction of sp³-hybridized carbons (Fsp3) is 0.377. The topological polar surface area (TPSA) is 221 Å². The molecule has 0 N–H and O–H groups in total. The van der Waals surface area contributed by atoms with Gasteiger partial charge in [-0.25, -0.2) is 13.9 Å². The van der Waals surface area contributed by atoms with E-state index >= 15 is 0 Å². The van der Waals surface area contributed by atoms with Gasteiger partial charge < -0.3 is 33.3 Å². The second-order valence-electron chi connectivity index (χ2n) is 20.3. The van der Waals surface area contributed by atoms with Crippen molar-refractivity contribution in [2.45, 2.75) is 73.9 Å². The first-order valence-electron chi connectivity index (χ1n) is 26.9. The van der Waals surface area contributed by atoms with E-state index in [-0.39, 0.29) is 96.9 Å². The highest BCUT2D eigenvalue weighted by molar-refractivity contribution is 7.48. The van der Waals surface area contributed by atoms with Crippen molar-refractivity contribution in [3.05, 3.63) is 179 Å². The molecule has 446 valence electrons. The van der Waals surface area contributed by atoms with Crippen LogP contribution in [0.5, 0.6) is 17.2 Å². The summed E-state index contributed by atoms with van der Waals surface area (Å²) < 4.78 is 98.3. The second kappa shape index (κ2) is 31.7. The Morgan fingerprint density at radius 3 is 1.19 bits per heavy atom. The van der Waals surface area contributed by atoms with E-state index in [0.717, 1.165) is 22.3 Å². The number of carbonyl (C=O) groups is 4. The van der Waals surface area contributed by atoms with Crippen molar-refractivity contribution in [3.8, 4) is 22.9 Å². The van der Waals surface area contributed by atoms with Crippen LogP contribution in [0, 0.1) is 10.8 Å². The van der Waals surface area contributed by atoms with Crippen LogP contribution in [0.25, 0.3) is 5.69 Å². The predicted molar refractivity (Wildman–Crippen MR) is 308 cm³/mol. The number of hydrogen-bond acceptors (Lipinski definition) is 18.